The molecule has 86 valence electrons. The molecule has 1 N–H and O–H groups in total. The van der Waals surface area contributed by atoms with Crippen molar-refractivity contribution in [1.82, 2.24) is 5.32 Å². The lowest BCUT2D eigenvalue weighted by Crippen LogP contribution is -2.27. The Hall–Kier alpha value is -1.90. The van der Waals surface area contributed by atoms with Gasteiger partial charge in [0.1, 0.15) is 0 Å². The van der Waals surface area contributed by atoms with Gasteiger partial charge in [0, 0.05) is 0 Å². The number of hydrogen-bond acceptors (Lipinski definition) is 2. The van der Waals surface area contributed by atoms with Crippen LogP contribution in [-0.2, 0) is 9.59 Å². The van der Waals surface area contributed by atoms with Gasteiger partial charge >= 0.3 is 0 Å². The lowest BCUT2D eigenvalue weighted by atomic mass is 9.74. The van der Waals surface area contributed by atoms with Crippen LogP contribution in [-0.4, -0.2) is 11.8 Å². The Bertz CT molecular complexity index is 492. The molecule has 1 aromatic carbocycles. The molecule has 1 fully saturated rings. The van der Waals surface area contributed by atoms with Crippen LogP contribution in [0.1, 0.15) is 17.9 Å². The van der Waals surface area contributed by atoms with E-state index in [4.69, 9.17) is 0 Å². The molecule has 1 aliphatic heterocycles. The van der Waals surface area contributed by atoms with E-state index in [1.807, 2.05) is 42.5 Å². The second kappa shape index (κ2) is 3.84. The Kier molecular flexibility index (Phi) is 2.32. The second-order valence-corrected chi connectivity index (χ2v) is 4.59. The summed E-state index contributed by atoms with van der Waals surface area (Å²) in [6, 6.07) is 9.95. The first-order chi connectivity index (χ1) is 8.27. The van der Waals surface area contributed by atoms with E-state index >= 15 is 0 Å². The van der Waals surface area contributed by atoms with Crippen molar-refractivity contribution in [3.05, 3.63) is 48.0 Å². The maximum absolute atomic E-state index is 11.8. The fourth-order valence-electron chi connectivity index (χ4n) is 2.82. The van der Waals surface area contributed by atoms with E-state index in [9.17, 15) is 9.59 Å². The zero-order chi connectivity index (χ0) is 11.8. The lowest BCUT2D eigenvalue weighted by molar-refractivity contribution is -0.126. The van der Waals surface area contributed by atoms with Gasteiger partial charge < -0.3 is 0 Å². The summed E-state index contributed by atoms with van der Waals surface area (Å²) in [5.41, 5.74) is 1.14. The van der Waals surface area contributed by atoms with E-state index in [1.165, 1.54) is 0 Å². The molecule has 3 rings (SSSR count). The quantitative estimate of drug-likeness (QED) is 0.585. The highest BCUT2D eigenvalue weighted by Crippen LogP contribution is 2.40. The molecule has 0 bridgehead atoms. The summed E-state index contributed by atoms with van der Waals surface area (Å²) in [6.45, 7) is 0. The third-order valence-electron chi connectivity index (χ3n) is 3.63. The summed E-state index contributed by atoms with van der Waals surface area (Å²) in [4.78, 5) is 23.4. The molecule has 1 aliphatic carbocycles. The number of carbonyl (C=O) groups excluding carboxylic acids is 2. The zero-order valence-corrected chi connectivity index (χ0v) is 9.30. The van der Waals surface area contributed by atoms with Gasteiger partial charge in [-0.05, 0) is 17.9 Å². The smallest absolute Gasteiger partial charge is 0.234 e. The van der Waals surface area contributed by atoms with Gasteiger partial charge in [0.05, 0.1) is 11.8 Å². The van der Waals surface area contributed by atoms with Crippen molar-refractivity contribution in [3.8, 4) is 0 Å². The van der Waals surface area contributed by atoms with Crippen LogP contribution in [0.5, 0.6) is 0 Å². The fourth-order valence-corrected chi connectivity index (χ4v) is 2.82. The normalized spacial score (nSPS) is 31.2. The minimum atomic E-state index is -0.276. The van der Waals surface area contributed by atoms with Crippen LogP contribution in [0, 0.1) is 11.8 Å². The van der Waals surface area contributed by atoms with Gasteiger partial charge in [0.25, 0.3) is 0 Å². The molecule has 1 saturated heterocycles. The SMILES string of the molecule is O=C1NC(=O)C2C1C=CCC2c1ccccc1. The number of amides is 2. The largest absolute Gasteiger partial charge is 0.296 e. The molecular formula is C14H13NO2. The number of fused-ring (bicyclic) bond motifs is 1. The Morgan fingerprint density at radius 3 is 2.59 bits per heavy atom. The van der Waals surface area contributed by atoms with Crippen LogP contribution >= 0.6 is 0 Å². The van der Waals surface area contributed by atoms with E-state index in [2.05, 4.69) is 5.32 Å². The number of hydrogen-bond donors (Lipinski definition) is 1. The van der Waals surface area contributed by atoms with E-state index in [-0.39, 0.29) is 29.6 Å². The first-order valence-corrected chi connectivity index (χ1v) is 5.83. The average Bonchev–Trinajstić information content (AvgIpc) is 2.66. The highest BCUT2D eigenvalue weighted by Gasteiger charge is 2.46. The standard InChI is InChI=1S/C14H13NO2/c16-13-11-8-4-7-10(12(11)14(17)15-13)9-5-2-1-3-6-9/h1-6,8,10-12H,7H2,(H,15,16,17). The maximum atomic E-state index is 11.8. The molecule has 3 atom stereocenters. The maximum Gasteiger partial charge on any atom is 0.234 e. The molecule has 2 aliphatic rings. The van der Waals surface area contributed by atoms with Crippen LogP contribution in [0.2, 0.25) is 0 Å². The molecule has 2 amide bonds. The molecule has 0 radical (unpaired) electrons. The van der Waals surface area contributed by atoms with Gasteiger partial charge in [-0.25, -0.2) is 0 Å². The highest BCUT2D eigenvalue weighted by molar-refractivity contribution is 6.06. The van der Waals surface area contributed by atoms with Gasteiger partial charge in [-0.2, -0.15) is 0 Å². The van der Waals surface area contributed by atoms with Crippen molar-refractivity contribution in [3.63, 3.8) is 0 Å². The van der Waals surface area contributed by atoms with Crippen LogP contribution in [0.4, 0.5) is 0 Å². The molecule has 17 heavy (non-hydrogen) atoms. The van der Waals surface area contributed by atoms with Gasteiger partial charge in [0.2, 0.25) is 11.8 Å². The van der Waals surface area contributed by atoms with E-state index < -0.39 is 0 Å². The van der Waals surface area contributed by atoms with Crippen molar-refractivity contribution < 1.29 is 9.59 Å². The lowest BCUT2D eigenvalue weighted by Gasteiger charge is -2.26. The number of allylic oxidation sites excluding steroid dienone is 1. The molecule has 1 aromatic rings. The average molecular weight is 227 g/mol. The topological polar surface area (TPSA) is 46.2 Å². The van der Waals surface area contributed by atoms with Crippen LogP contribution in [0.15, 0.2) is 42.5 Å². The first kappa shape index (κ1) is 10.3. The monoisotopic (exact) mass is 227 g/mol. The molecule has 3 nitrogen and oxygen atoms in total. The van der Waals surface area contributed by atoms with E-state index in [1.54, 1.807) is 0 Å². The summed E-state index contributed by atoms with van der Waals surface area (Å²) in [5.74, 6) is -0.663. The van der Waals surface area contributed by atoms with Crippen molar-refractivity contribution in [2.45, 2.75) is 12.3 Å². The summed E-state index contributed by atoms with van der Waals surface area (Å²) in [5, 5.41) is 2.43. The van der Waals surface area contributed by atoms with Gasteiger partial charge in [-0.3, -0.25) is 14.9 Å². The Morgan fingerprint density at radius 1 is 1.06 bits per heavy atom. The predicted molar refractivity (Wildman–Crippen MR) is 63.1 cm³/mol. The summed E-state index contributed by atoms with van der Waals surface area (Å²) in [6.07, 6.45) is 4.70. The molecular weight excluding hydrogens is 214 g/mol. The van der Waals surface area contributed by atoms with Crippen molar-refractivity contribution in [2.24, 2.45) is 11.8 Å². The van der Waals surface area contributed by atoms with Crippen molar-refractivity contribution >= 4 is 11.8 Å². The van der Waals surface area contributed by atoms with Crippen LogP contribution in [0.25, 0.3) is 0 Å². The Balaban J connectivity index is 2.00. The Labute approximate surface area is 99.5 Å². The minimum Gasteiger partial charge on any atom is -0.296 e. The fraction of sp³-hybridized carbons (Fsp3) is 0.286. The molecule has 0 aromatic heterocycles. The van der Waals surface area contributed by atoms with Crippen LogP contribution < -0.4 is 5.32 Å². The third-order valence-corrected chi connectivity index (χ3v) is 3.63. The molecule has 0 saturated carbocycles. The summed E-state index contributed by atoms with van der Waals surface area (Å²) < 4.78 is 0. The van der Waals surface area contributed by atoms with Gasteiger partial charge in [-0.15, -0.1) is 0 Å². The van der Waals surface area contributed by atoms with E-state index in [0.29, 0.717) is 0 Å². The summed E-state index contributed by atoms with van der Waals surface area (Å²) >= 11 is 0. The minimum absolute atomic E-state index is 0.123. The molecule has 1 heterocycles. The summed E-state index contributed by atoms with van der Waals surface area (Å²) in [7, 11) is 0. The predicted octanol–water partition coefficient (Wildman–Crippen LogP) is 1.62. The Morgan fingerprint density at radius 2 is 1.82 bits per heavy atom. The first-order valence-electron chi connectivity index (χ1n) is 5.83. The highest BCUT2D eigenvalue weighted by atomic mass is 16.2. The van der Waals surface area contributed by atoms with Crippen molar-refractivity contribution in [1.29, 1.82) is 0 Å². The molecule has 3 unspecified atom stereocenters. The van der Waals surface area contributed by atoms with E-state index in [0.717, 1.165) is 12.0 Å². The number of benzene rings is 1. The van der Waals surface area contributed by atoms with Crippen molar-refractivity contribution in [2.75, 3.05) is 0 Å². The third kappa shape index (κ3) is 1.58. The number of rotatable bonds is 1. The molecule has 0 spiro atoms. The van der Waals surface area contributed by atoms with Crippen LogP contribution in [0.3, 0.4) is 0 Å². The second-order valence-electron chi connectivity index (χ2n) is 4.59. The number of carbonyl (C=O) groups is 2. The number of nitrogens with one attached hydrogen (secondary N) is 1. The molecule has 3 heteroatoms. The van der Waals surface area contributed by atoms with Gasteiger partial charge in [0.15, 0.2) is 0 Å². The number of imide groups is 1. The van der Waals surface area contributed by atoms with Gasteiger partial charge in [-0.1, -0.05) is 42.5 Å². The zero-order valence-electron chi connectivity index (χ0n) is 9.30.